The summed E-state index contributed by atoms with van der Waals surface area (Å²) >= 11 is 0. The third kappa shape index (κ3) is 3.43. The van der Waals surface area contributed by atoms with E-state index in [2.05, 4.69) is 4.98 Å². The third-order valence-electron chi connectivity index (χ3n) is 1.55. The topological polar surface area (TPSA) is 59.1 Å². The van der Waals surface area contributed by atoms with Gasteiger partial charge in [0.05, 0.1) is 5.75 Å². The second-order valence-electron chi connectivity index (χ2n) is 2.89. The van der Waals surface area contributed by atoms with Gasteiger partial charge in [-0.3, -0.25) is 4.72 Å². The van der Waals surface area contributed by atoms with Crippen molar-refractivity contribution in [1.82, 2.24) is 4.98 Å². The average Bonchev–Trinajstić information content (AvgIpc) is 2.09. The molecule has 0 radical (unpaired) electrons. The van der Waals surface area contributed by atoms with Gasteiger partial charge < -0.3 is 0 Å². The molecule has 1 heterocycles. The van der Waals surface area contributed by atoms with E-state index >= 15 is 0 Å². The van der Waals surface area contributed by atoms with Gasteiger partial charge in [-0.25, -0.2) is 8.42 Å². The molecule has 1 aromatic heterocycles. The molecule has 0 saturated carbocycles. The second kappa shape index (κ2) is 4.52. The molecule has 0 atom stereocenters. The van der Waals surface area contributed by atoms with Gasteiger partial charge in [0.15, 0.2) is 0 Å². The summed E-state index contributed by atoms with van der Waals surface area (Å²) in [5.74, 6) is -2.29. The van der Waals surface area contributed by atoms with Crippen molar-refractivity contribution in [3.63, 3.8) is 0 Å². The fourth-order valence-corrected chi connectivity index (χ4v) is 2.10. The van der Waals surface area contributed by atoms with Crippen molar-refractivity contribution in [1.29, 1.82) is 0 Å². The number of pyridine rings is 1. The van der Waals surface area contributed by atoms with Crippen molar-refractivity contribution >= 4 is 15.7 Å². The van der Waals surface area contributed by atoms with E-state index in [4.69, 9.17) is 0 Å². The molecule has 0 aromatic carbocycles. The summed E-state index contributed by atoms with van der Waals surface area (Å²) in [6.45, 7) is 1.68. The zero-order valence-electron chi connectivity index (χ0n) is 8.00. The smallest absolute Gasteiger partial charge is 0.239 e. The summed E-state index contributed by atoms with van der Waals surface area (Å²) in [6, 6.07) is 1.87. The minimum absolute atomic E-state index is 0.121. The largest absolute Gasteiger partial charge is 0.279 e. The summed E-state index contributed by atoms with van der Waals surface area (Å²) in [6.07, 6.45) is 0.408. The highest BCUT2D eigenvalue weighted by Crippen LogP contribution is 2.13. The van der Waals surface area contributed by atoms with Crippen LogP contribution in [0.2, 0.25) is 0 Å². The molecule has 15 heavy (non-hydrogen) atoms. The Bertz CT molecular complexity index is 448. The van der Waals surface area contributed by atoms with Crippen molar-refractivity contribution in [2.24, 2.45) is 0 Å². The normalized spacial score (nSPS) is 11.4. The zero-order valence-corrected chi connectivity index (χ0v) is 8.81. The first kappa shape index (κ1) is 11.8. The Morgan fingerprint density at radius 3 is 2.60 bits per heavy atom. The number of sulfonamides is 1. The molecule has 0 amide bonds. The van der Waals surface area contributed by atoms with Crippen LogP contribution in [0.25, 0.3) is 0 Å². The Labute approximate surface area is 86.4 Å². The van der Waals surface area contributed by atoms with Crippen LogP contribution in [0.5, 0.6) is 0 Å². The molecular weight excluding hydrogens is 226 g/mol. The SMILES string of the molecule is CCCS(=O)(=O)Nc1ccc(F)nc1F. The van der Waals surface area contributed by atoms with Gasteiger partial charge in [-0.15, -0.1) is 0 Å². The van der Waals surface area contributed by atoms with Crippen LogP contribution in [0.3, 0.4) is 0 Å². The van der Waals surface area contributed by atoms with E-state index in [9.17, 15) is 17.2 Å². The average molecular weight is 236 g/mol. The number of rotatable bonds is 4. The fourth-order valence-electron chi connectivity index (χ4n) is 0.976. The molecule has 1 aromatic rings. The molecular formula is C8H10F2N2O2S. The van der Waals surface area contributed by atoms with E-state index < -0.39 is 21.9 Å². The van der Waals surface area contributed by atoms with Crippen LogP contribution in [0.4, 0.5) is 14.5 Å². The molecule has 84 valence electrons. The standard InChI is InChI=1S/C8H10F2N2O2S/c1-2-5-15(13,14)12-6-3-4-7(9)11-8(6)10/h3-4,12H,2,5H2,1H3. The molecule has 7 heteroatoms. The van der Waals surface area contributed by atoms with Gasteiger partial charge in [-0.2, -0.15) is 13.8 Å². The lowest BCUT2D eigenvalue weighted by atomic mass is 10.4. The summed E-state index contributed by atoms with van der Waals surface area (Å²) < 4.78 is 49.8. The maximum atomic E-state index is 12.9. The number of aromatic nitrogens is 1. The van der Waals surface area contributed by atoms with Crippen LogP contribution in [0, 0.1) is 11.9 Å². The van der Waals surface area contributed by atoms with Gasteiger partial charge in [0.1, 0.15) is 5.69 Å². The maximum absolute atomic E-state index is 12.9. The lowest BCUT2D eigenvalue weighted by molar-refractivity contribution is 0.515. The van der Waals surface area contributed by atoms with Crippen LogP contribution < -0.4 is 4.72 Å². The van der Waals surface area contributed by atoms with Crippen LogP contribution >= 0.6 is 0 Å². The molecule has 0 fully saturated rings. The number of hydrogen-bond donors (Lipinski definition) is 1. The first-order valence-corrected chi connectivity index (χ1v) is 5.92. The van der Waals surface area contributed by atoms with E-state index in [0.717, 1.165) is 12.1 Å². The fraction of sp³-hybridized carbons (Fsp3) is 0.375. The molecule has 0 saturated heterocycles. The molecule has 1 rings (SSSR count). The monoisotopic (exact) mass is 236 g/mol. The van der Waals surface area contributed by atoms with Crippen molar-refractivity contribution < 1.29 is 17.2 Å². The molecule has 0 bridgehead atoms. The van der Waals surface area contributed by atoms with Crippen molar-refractivity contribution in [2.45, 2.75) is 13.3 Å². The van der Waals surface area contributed by atoms with E-state index in [0.29, 0.717) is 6.42 Å². The molecule has 0 aliphatic carbocycles. The summed E-state index contributed by atoms with van der Waals surface area (Å²) in [5, 5.41) is 0. The molecule has 0 spiro atoms. The van der Waals surface area contributed by atoms with Crippen molar-refractivity contribution in [3.05, 3.63) is 24.0 Å². The number of nitrogens with zero attached hydrogens (tertiary/aromatic N) is 1. The van der Waals surface area contributed by atoms with Crippen LogP contribution in [-0.4, -0.2) is 19.2 Å². The lowest BCUT2D eigenvalue weighted by Gasteiger charge is -2.06. The van der Waals surface area contributed by atoms with E-state index in [-0.39, 0.29) is 11.4 Å². The Kier molecular flexibility index (Phi) is 3.57. The van der Waals surface area contributed by atoms with Gasteiger partial charge in [-0.1, -0.05) is 6.92 Å². The minimum Gasteiger partial charge on any atom is -0.279 e. The first-order valence-electron chi connectivity index (χ1n) is 4.27. The maximum Gasteiger partial charge on any atom is 0.239 e. The summed E-state index contributed by atoms with van der Waals surface area (Å²) in [4.78, 5) is 2.86. The first-order chi connectivity index (χ1) is 6.94. The predicted octanol–water partition coefficient (Wildman–Crippen LogP) is 1.51. The van der Waals surface area contributed by atoms with Gasteiger partial charge >= 0.3 is 0 Å². The van der Waals surface area contributed by atoms with Gasteiger partial charge in [0, 0.05) is 0 Å². The number of anilines is 1. The summed E-state index contributed by atoms with van der Waals surface area (Å²) in [7, 11) is -3.57. The van der Waals surface area contributed by atoms with E-state index in [1.54, 1.807) is 6.92 Å². The predicted molar refractivity (Wildman–Crippen MR) is 51.9 cm³/mol. The second-order valence-corrected chi connectivity index (χ2v) is 4.74. The van der Waals surface area contributed by atoms with Crippen LogP contribution in [0.15, 0.2) is 12.1 Å². The zero-order chi connectivity index (χ0) is 11.5. The van der Waals surface area contributed by atoms with Crippen molar-refractivity contribution in [3.8, 4) is 0 Å². The number of halogens is 2. The highest BCUT2D eigenvalue weighted by Gasteiger charge is 2.13. The summed E-state index contributed by atoms with van der Waals surface area (Å²) in [5.41, 5.74) is -0.343. The van der Waals surface area contributed by atoms with Gasteiger partial charge in [0.25, 0.3) is 0 Å². The van der Waals surface area contributed by atoms with Gasteiger partial charge in [-0.05, 0) is 18.6 Å². The Morgan fingerprint density at radius 2 is 2.07 bits per heavy atom. The van der Waals surface area contributed by atoms with Crippen LogP contribution in [0.1, 0.15) is 13.3 Å². The van der Waals surface area contributed by atoms with Crippen LogP contribution in [-0.2, 0) is 10.0 Å². The number of hydrogen-bond acceptors (Lipinski definition) is 3. The molecule has 4 nitrogen and oxygen atoms in total. The molecule has 1 N–H and O–H groups in total. The quantitative estimate of drug-likeness (QED) is 0.806. The minimum atomic E-state index is -3.57. The highest BCUT2D eigenvalue weighted by atomic mass is 32.2. The Balaban J connectivity index is 2.90. The van der Waals surface area contributed by atoms with Crippen molar-refractivity contribution in [2.75, 3.05) is 10.5 Å². The molecule has 0 aliphatic rings. The Morgan fingerprint density at radius 1 is 1.40 bits per heavy atom. The van der Waals surface area contributed by atoms with E-state index in [1.807, 2.05) is 4.72 Å². The lowest BCUT2D eigenvalue weighted by Crippen LogP contribution is -2.17. The highest BCUT2D eigenvalue weighted by molar-refractivity contribution is 7.92. The van der Waals surface area contributed by atoms with E-state index in [1.165, 1.54) is 0 Å². The molecule has 0 unspecified atom stereocenters. The Hall–Kier alpha value is -1.24. The third-order valence-corrected chi connectivity index (χ3v) is 3.03. The number of nitrogens with one attached hydrogen (secondary N) is 1. The molecule has 0 aliphatic heterocycles. The van der Waals surface area contributed by atoms with Gasteiger partial charge in [0.2, 0.25) is 21.9 Å².